The largest absolute Gasteiger partial charge is 0.356 e. The van der Waals surface area contributed by atoms with E-state index in [1.54, 1.807) is 0 Å². The first-order valence-electron chi connectivity index (χ1n) is 12.5. The van der Waals surface area contributed by atoms with Crippen molar-refractivity contribution in [2.24, 2.45) is 0 Å². The number of hydrogen-bond acceptors (Lipinski definition) is 1. The molecule has 0 amide bonds. The van der Waals surface area contributed by atoms with E-state index in [2.05, 4.69) is 145 Å². The molecule has 1 aliphatic carbocycles. The molecule has 170 valence electrons. The standard InChI is InChI=1S/C35H25N/c1-4-14-27(15-5-1)35(28-16-6-2-7-17-28)33-23-26-13-11-10-12-25(26)22-32(33)31-21-20-30(24-34(31)35)36-29-18-8-3-9-19-29/h1-24,36H. The summed E-state index contributed by atoms with van der Waals surface area (Å²) >= 11 is 0. The summed E-state index contributed by atoms with van der Waals surface area (Å²) in [5, 5.41) is 6.17. The van der Waals surface area contributed by atoms with E-state index in [0.717, 1.165) is 11.4 Å². The molecule has 36 heavy (non-hydrogen) atoms. The van der Waals surface area contributed by atoms with E-state index in [1.807, 2.05) is 6.07 Å². The van der Waals surface area contributed by atoms with Gasteiger partial charge in [-0.25, -0.2) is 0 Å². The third kappa shape index (κ3) is 3.10. The summed E-state index contributed by atoms with van der Waals surface area (Å²) in [7, 11) is 0. The number of para-hydroxylation sites is 1. The lowest BCUT2D eigenvalue weighted by molar-refractivity contribution is 0.770. The predicted octanol–water partition coefficient (Wildman–Crippen LogP) is 8.95. The predicted molar refractivity (Wildman–Crippen MR) is 151 cm³/mol. The molecule has 0 saturated carbocycles. The van der Waals surface area contributed by atoms with Crippen molar-refractivity contribution >= 4 is 22.1 Å². The van der Waals surface area contributed by atoms with E-state index in [1.165, 1.54) is 44.2 Å². The van der Waals surface area contributed by atoms with Crippen LogP contribution in [0.4, 0.5) is 11.4 Å². The summed E-state index contributed by atoms with van der Waals surface area (Å²) < 4.78 is 0. The average molecular weight is 460 g/mol. The second kappa shape index (κ2) is 8.25. The summed E-state index contributed by atoms with van der Waals surface area (Å²) in [5.41, 5.74) is 9.58. The Bertz CT molecular complexity index is 1650. The molecule has 0 saturated heterocycles. The molecule has 0 bridgehead atoms. The molecule has 1 nitrogen and oxygen atoms in total. The minimum absolute atomic E-state index is 0.411. The van der Waals surface area contributed by atoms with Crippen LogP contribution in [0.5, 0.6) is 0 Å². The van der Waals surface area contributed by atoms with E-state index >= 15 is 0 Å². The van der Waals surface area contributed by atoms with Gasteiger partial charge in [0.05, 0.1) is 5.41 Å². The van der Waals surface area contributed by atoms with Crippen LogP contribution in [-0.2, 0) is 5.41 Å². The van der Waals surface area contributed by atoms with Crippen molar-refractivity contribution in [2.45, 2.75) is 5.41 Å². The number of hydrogen-bond donors (Lipinski definition) is 1. The maximum atomic E-state index is 3.63. The summed E-state index contributed by atoms with van der Waals surface area (Å²) in [6.45, 7) is 0. The fourth-order valence-corrected chi connectivity index (χ4v) is 5.94. The summed E-state index contributed by atoms with van der Waals surface area (Å²) in [5.74, 6) is 0. The van der Waals surface area contributed by atoms with Crippen molar-refractivity contribution in [1.82, 2.24) is 0 Å². The SMILES string of the molecule is c1ccc(Nc2ccc3c(c2)C(c2ccccc2)(c2ccccc2)c2cc4ccccc4cc2-3)cc1. The van der Waals surface area contributed by atoms with Crippen LogP contribution in [0.1, 0.15) is 22.3 Å². The van der Waals surface area contributed by atoms with Gasteiger partial charge in [-0.15, -0.1) is 0 Å². The molecule has 6 aromatic rings. The second-order valence-electron chi connectivity index (χ2n) is 9.48. The van der Waals surface area contributed by atoms with Gasteiger partial charge < -0.3 is 5.32 Å². The molecule has 0 atom stereocenters. The van der Waals surface area contributed by atoms with Crippen molar-refractivity contribution in [3.05, 3.63) is 168 Å². The third-order valence-electron chi connectivity index (χ3n) is 7.48. The Morgan fingerprint density at radius 2 is 0.917 bits per heavy atom. The van der Waals surface area contributed by atoms with Crippen molar-refractivity contribution in [3.63, 3.8) is 0 Å². The Morgan fingerprint density at radius 3 is 1.56 bits per heavy atom. The number of anilines is 2. The molecule has 6 aromatic carbocycles. The first-order chi connectivity index (χ1) is 17.8. The van der Waals surface area contributed by atoms with Crippen LogP contribution in [0, 0.1) is 0 Å². The lowest BCUT2D eigenvalue weighted by Gasteiger charge is -2.34. The van der Waals surface area contributed by atoms with Gasteiger partial charge in [-0.1, -0.05) is 109 Å². The molecular weight excluding hydrogens is 434 g/mol. The number of rotatable bonds is 4. The summed E-state index contributed by atoms with van der Waals surface area (Å²) in [6, 6.07) is 52.7. The molecule has 0 fully saturated rings. The molecule has 0 heterocycles. The Balaban J connectivity index is 1.57. The smallest absolute Gasteiger partial charge is 0.0714 e. The zero-order valence-electron chi connectivity index (χ0n) is 19.9. The van der Waals surface area contributed by atoms with E-state index in [-0.39, 0.29) is 0 Å². The van der Waals surface area contributed by atoms with Crippen LogP contribution in [0.3, 0.4) is 0 Å². The van der Waals surface area contributed by atoms with Gasteiger partial charge >= 0.3 is 0 Å². The van der Waals surface area contributed by atoms with Gasteiger partial charge in [0, 0.05) is 11.4 Å². The first kappa shape index (κ1) is 20.7. The Hall–Kier alpha value is -4.62. The van der Waals surface area contributed by atoms with Crippen molar-refractivity contribution in [1.29, 1.82) is 0 Å². The highest BCUT2D eigenvalue weighted by Crippen LogP contribution is 2.57. The summed E-state index contributed by atoms with van der Waals surface area (Å²) in [6.07, 6.45) is 0. The fourth-order valence-electron chi connectivity index (χ4n) is 5.94. The molecule has 1 heteroatoms. The van der Waals surface area contributed by atoms with Gasteiger partial charge in [0.15, 0.2) is 0 Å². The van der Waals surface area contributed by atoms with Gasteiger partial charge in [0.1, 0.15) is 0 Å². The lowest BCUT2D eigenvalue weighted by atomic mass is 9.67. The lowest BCUT2D eigenvalue weighted by Crippen LogP contribution is -2.28. The first-order valence-corrected chi connectivity index (χ1v) is 12.5. The molecule has 0 spiro atoms. The zero-order valence-corrected chi connectivity index (χ0v) is 19.9. The average Bonchev–Trinajstić information content (AvgIpc) is 3.22. The Labute approximate surface area is 211 Å². The monoisotopic (exact) mass is 459 g/mol. The number of benzene rings is 6. The normalized spacial score (nSPS) is 13.2. The molecule has 0 aliphatic heterocycles. The Kier molecular flexibility index (Phi) is 4.75. The zero-order chi connectivity index (χ0) is 24.0. The molecule has 0 unspecified atom stereocenters. The maximum Gasteiger partial charge on any atom is 0.0714 e. The van der Waals surface area contributed by atoms with E-state index in [0.29, 0.717) is 0 Å². The van der Waals surface area contributed by atoms with Gasteiger partial charge in [-0.3, -0.25) is 0 Å². The highest BCUT2D eigenvalue weighted by Gasteiger charge is 2.46. The molecule has 0 radical (unpaired) electrons. The molecule has 7 rings (SSSR count). The van der Waals surface area contributed by atoms with E-state index in [9.17, 15) is 0 Å². The maximum absolute atomic E-state index is 3.63. The number of nitrogens with one attached hydrogen (secondary N) is 1. The van der Waals surface area contributed by atoms with Crippen molar-refractivity contribution in [3.8, 4) is 11.1 Å². The molecular formula is C35H25N. The quantitative estimate of drug-likeness (QED) is 0.277. The van der Waals surface area contributed by atoms with Gasteiger partial charge in [0.2, 0.25) is 0 Å². The minimum Gasteiger partial charge on any atom is -0.356 e. The van der Waals surface area contributed by atoms with Crippen LogP contribution in [0.25, 0.3) is 21.9 Å². The van der Waals surface area contributed by atoms with Crippen molar-refractivity contribution < 1.29 is 0 Å². The van der Waals surface area contributed by atoms with Crippen LogP contribution < -0.4 is 5.32 Å². The van der Waals surface area contributed by atoms with Crippen LogP contribution in [-0.4, -0.2) is 0 Å². The highest BCUT2D eigenvalue weighted by molar-refractivity contribution is 5.96. The fraction of sp³-hybridized carbons (Fsp3) is 0.0286. The van der Waals surface area contributed by atoms with E-state index in [4.69, 9.17) is 0 Å². The number of fused-ring (bicyclic) bond motifs is 4. The third-order valence-corrected chi connectivity index (χ3v) is 7.48. The molecule has 1 N–H and O–H groups in total. The Morgan fingerprint density at radius 1 is 0.389 bits per heavy atom. The topological polar surface area (TPSA) is 12.0 Å². The van der Waals surface area contributed by atoms with Gasteiger partial charge in [0.25, 0.3) is 0 Å². The second-order valence-corrected chi connectivity index (χ2v) is 9.48. The highest BCUT2D eigenvalue weighted by atomic mass is 14.9. The van der Waals surface area contributed by atoms with Gasteiger partial charge in [-0.2, -0.15) is 0 Å². The van der Waals surface area contributed by atoms with Gasteiger partial charge in [-0.05, 0) is 80.6 Å². The van der Waals surface area contributed by atoms with Crippen molar-refractivity contribution in [2.75, 3.05) is 5.32 Å². The summed E-state index contributed by atoms with van der Waals surface area (Å²) in [4.78, 5) is 0. The van der Waals surface area contributed by atoms with Crippen LogP contribution in [0.2, 0.25) is 0 Å². The minimum atomic E-state index is -0.411. The van der Waals surface area contributed by atoms with E-state index < -0.39 is 5.41 Å². The molecule has 1 aliphatic rings. The molecule has 0 aromatic heterocycles. The van der Waals surface area contributed by atoms with Crippen LogP contribution in [0.15, 0.2) is 146 Å². The van der Waals surface area contributed by atoms with Crippen LogP contribution >= 0.6 is 0 Å².